The molecule has 1 amide bonds. The summed E-state index contributed by atoms with van der Waals surface area (Å²) in [5, 5.41) is 15.0. The van der Waals surface area contributed by atoms with Crippen molar-refractivity contribution in [1.82, 2.24) is 24.5 Å². The van der Waals surface area contributed by atoms with Gasteiger partial charge in [-0.05, 0) is 45.0 Å². The second-order valence-corrected chi connectivity index (χ2v) is 11.2. The van der Waals surface area contributed by atoms with Crippen LogP contribution >= 0.6 is 0 Å². The number of hydrogen-bond donors (Lipinski definition) is 2. The zero-order chi connectivity index (χ0) is 29.3. The zero-order valence-corrected chi connectivity index (χ0v) is 22.2. The Morgan fingerprint density at radius 2 is 1.68 bits per heavy atom. The molecule has 2 heterocycles. The summed E-state index contributed by atoms with van der Waals surface area (Å²) in [5.41, 5.74) is -1.65. The van der Waals surface area contributed by atoms with Crippen molar-refractivity contribution < 1.29 is 26.4 Å². The molecule has 0 radical (unpaired) electrons. The molecule has 0 aliphatic carbocycles. The highest BCUT2D eigenvalue weighted by atomic mass is 32.2. The molecule has 0 atom stereocenters. The third kappa shape index (κ3) is 6.33. The molecular weight excluding hydrogens is 547 g/mol. The SMILES string of the molecule is CC(C)(C)NS(=O)(=O)c1ccccc1-c1cnc(NC(=O)c2cc(C(F)(F)F)nn2-c2cccc(C#N)c2)nc1. The van der Waals surface area contributed by atoms with Crippen LogP contribution in [0.1, 0.15) is 42.5 Å². The summed E-state index contributed by atoms with van der Waals surface area (Å²) in [6.45, 7) is 5.12. The number of alkyl halides is 3. The average molecular weight is 570 g/mol. The maximum absolute atomic E-state index is 13.4. The van der Waals surface area contributed by atoms with Crippen LogP contribution in [0, 0.1) is 11.3 Å². The summed E-state index contributed by atoms with van der Waals surface area (Å²) in [6, 6.07) is 14.3. The van der Waals surface area contributed by atoms with Crippen LogP contribution in [0.2, 0.25) is 0 Å². The van der Waals surface area contributed by atoms with Gasteiger partial charge >= 0.3 is 6.18 Å². The van der Waals surface area contributed by atoms with E-state index in [9.17, 15) is 26.4 Å². The lowest BCUT2D eigenvalue weighted by Crippen LogP contribution is -2.40. The van der Waals surface area contributed by atoms with E-state index in [-0.39, 0.29) is 22.1 Å². The summed E-state index contributed by atoms with van der Waals surface area (Å²) in [6.07, 6.45) is -2.27. The highest BCUT2D eigenvalue weighted by Gasteiger charge is 2.36. The largest absolute Gasteiger partial charge is 0.435 e. The minimum atomic E-state index is -4.83. The van der Waals surface area contributed by atoms with Crippen molar-refractivity contribution in [2.75, 3.05) is 5.32 Å². The van der Waals surface area contributed by atoms with Gasteiger partial charge in [0.05, 0.1) is 22.2 Å². The van der Waals surface area contributed by atoms with Crippen molar-refractivity contribution in [3.8, 4) is 22.9 Å². The van der Waals surface area contributed by atoms with E-state index in [0.717, 1.165) is 4.68 Å². The number of carbonyl (C=O) groups excluding carboxylic acids is 1. The molecule has 2 aromatic heterocycles. The van der Waals surface area contributed by atoms with Gasteiger partial charge in [0.2, 0.25) is 16.0 Å². The van der Waals surface area contributed by atoms with E-state index >= 15 is 0 Å². The third-order valence-electron chi connectivity index (χ3n) is 5.26. The molecule has 0 unspecified atom stereocenters. The number of aromatic nitrogens is 4. The molecule has 0 spiro atoms. The van der Waals surface area contributed by atoms with Crippen molar-refractivity contribution in [2.24, 2.45) is 0 Å². The molecule has 0 bridgehead atoms. The van der Waals surface area contributed by atoms with E-state index in [1.807, 2.05) is 6.07 Å². The number of amides is 1. The number of rotatable bonds is 6. The lowest BCUT2D eigenvalue weighted by Gasteiger charge is -2.21. The number of carbonyl (C=O) groups is 1. The number of hydrogen-bond acceptors (Lipinski definition) is 7. The first-order valence-electron chi connectivity index (χ1n) is 11.6. The summed E-state index contributed by atoms with van der Waals surface area (Å²) in [5.74, 6) is -1.23. The molecule has 40 heavy (non-hydrogen) atoms. The van der Waals surface area contributed by atoms with E-state index in [2.05, 4.69) is 25.1 Å². The number of anilines is 1. The van der Waals surface area contributed by atoms with Gasteiger partial charge in [-0.3, -0.25) is 10.1 Å². The van der Waals surface area contributed by atoms with Gasteiger partial charge < -0.3 is 0 Å². The van der Waals surface area contributed by atoms with Crippen LogP contribution in [-0.2, 0) is 16.2 Å². The Bertz CT molecular complexity index is 1720. The Balaban J connectivity index is 1.65. The predicted octanol–water partition coefficient (Wildman–Crippen LogP) is 4.55. The molecule has 0 aliphatic heterocycles. The summed E-state index contributed by atoms with van der Waals surface area (Å²) >= 11 is 0. The topological polar surface area (TPSA) is 143 Å². The van der Waals surface area contributed by atoms with E-state index in [1.165, 1.54) is 42.7 Å². The molecule has 0 fully saturated rings. The second kappa shape index (κ2) is 10.5. The van der Waals surface area contributed by atoms with Crippen LogP contribution in [0.15, 0.2) is 71.9 Å². The van der Waals surface area contributed by atoms with Crippen LogP contribution in [0.25, 0.3) is 16.8 Å². The standard InChI is InChI=1S/C26H22F3N7O3S/c1-25(2,3)35-40(38,39)21-10-5-4-9-19(21)17-14-31-24(32-15-17)33-23(37)20-12-22(26(27,28)29)34-36(20)18-8-6-7-16(11-18)13-30/h4-12,14-15,35H,1-3H3,(H,31,32,33,37). The van der Waals surface area contributed by atoms with E-state index in [4.69, 9.17) is 5.26 Å². The summed E-state index contributed by atoms with van der Waals surface area (Å²) < 4.78 is 69.5. The first kappa shape index (κ1) is 28.4. The van der Waals surface area contributed by atoms with Gasteiger partial charge in [0.25, 0.3) is 5.91 Å². The first-order chi connectivity index (χ1) is 18.7. The predicted molar refractivity (Wildman–Crippen MR) is 139 cm³/mol. The zero-order valence-electron chi connectivity index (χ0n) is 21.4. The Kier molecular flexibility index (Phi) is 7.46. The van der Waals surface area contributed by atoms with Gasteiger partial charge in [-0.25, -0.2) is 27.8 Å². The van der Waals surface area contributed by atoms with Gasteiger partial charge in [0.1, 0.15) is 5.69 Å². The van der Waals surface area contributed by atoms with Crippen LogP contribution in [0.3, 0.4) is 0 Å². The molecule has 4 rings (SSSR count). The van der Waals surface area contributed by atoms with Gasteiger partial charge in [0, 0.05) is 35.1 Å². The highest BCUT2D eigenvalue weighted by molar-refractivity contribution is 7.89. The number of nitriles is 1. The summed E-state index contributed by atoms with van der Waals surface area (Å²) in [4.78, 5) is 21.1. The fourth-order valence-electron chi connectivity index (χ4n) is 3.68. The number of sulfonamides is 1. The molecule has 10 nitrogen and oxygen atoms in total. The Hall–Kier alpha value is -4.61. The van der Waals surface area contributed by atoms with Gasteiger partial charge in [-0.2, -0.15) is 23.5 Å². The maximum Gasteiger partial charge on any atom is 0.435 e. The first-order valence-corrected chi connectivity index (χ1v) is 13.1. The van der Waals surface area contributed by atoms with Crippen LogP contribution in [0.4, 0.5) is 19.1 Å². The molecule has 14 heteroatoms. The quantitative estimate of drug-likeness (QED) is 0.347. The van der Waals surface area contributed by atoms with Gasteiger partial charge in [-0.1, -0.05) is 24.3 Å². The van der Waals surface area contributed by atoms with Crippen LogP contribution in [0.5, 0.6) is 0 Å². The molecule has 4 aromatic rings. The second-order valence-electron chi connectivity index (χ2n) is 9.59. The van der Waals surface area contributed by atoms with E-state index in [1.54, 1.807) is 39.0 Å². The number of halogens is 3. The number of benzene rings is 2. The van der Waals surface area contributed by atoms with Crippen molar-refractivity contribution in [3.63, 3.8) is 0 Å². The molecule has 0 aliphatic rings. The van der Waals surface area contributed by atoms with Gasteiger partial charge in [0.15, 0.2) is 5.69 Å². The van der Waals surface area contributed by atoms with Crippen LogP contribution < -0.4 is 10.0 Å². The monoisotopic (exact) mass is 569 g/mol. The molecule has 0 saturated carbocycles. The molecule has 2 aromatic carbocycles. The number of nitrogens with one attached hydrogen (secondary N) is 2. The normalized spacial score (nSPS) is 12.1. The smallest absolute Gasteiger partial charge is 0.289 e. The Morgan fingerprint density at radius 3 is 2.30 bits per heavy atom. The average Bonchev–Trinajstić information content (AvgIpc) is 3.35. The minimum Gasteiger partial charge on any atom is -0.289 e. The molecule has 2 N–H and O–H groups in total. The Labute approximate surface area is 227 Å². The Morgan fingerprint density at radius 1 is 1.00 bits per heavy atom. The summed E-state index contributed by atoms with van der Waals surface area (Å²) in [7, 11) is -3.90. The fraction of sp³-hybridized carbons (Fsp3) is 0.192. The lowest BCUT2D eigenvalue weighted by atomic mass is 10.1. The molecule has 0 saturated heterocycles. The maximum atomic E-state index is 13.4. The molecule has 206 valence electrons. The molecular formula is C26H22F3N7O3S. The lowest BCUT2D eigenvalue weighted by molar-refractivity contribution is -0.141. The van der Waals surface area contributed by atoms with Crippen molar-refractivity contribution in [2.45, 2.75) is 37.4 Å². The van der Waals surface area contributed by atoms with Crippen LogP contribution in [-0.4, -0.2) is 39.6 Å². The van der Waals surface area contributed by atoms with Crippen molar-refractivity contribution in [1.29, 1.82) is 5.26 Å². The highest BCUT2D eigenvalue weighted by Crippen LogP contribution is 2.30. The van der Waals surface area contributed by atoms with Crippen molar-refractivity contribution >= 4 is 21.9 Å². The van der Waals surface area contributed by atoms with E-state index < -0.39 is 39.0 Å². The van der Waals surface area contributed by atoms with Crippen molar-refractivity contribution in [3.05, 3.63) is 83.9 Å². The fourth-order valence-corrected chi connectivity index (χ4v) is 5.33. The third-order valence-corrected chi connectivity index (χ3v) is 7.07. The van der Waals surface area contributed by atoms with Gasteiger partial charge in [-0.15, -0.1) is 0 Å². The minimum absolute atomic E-state index is 0.00603. The van der Waals surface area contributed by atoms with E-state index in [0.29, 0.717) is 17.2 Å². The number of nitrogens with zero attached hydrogens (tertiary/aromatic N) is 5.